The Morgan fingerprint density at radius 2 is 2.04 bits per heavy atom. The number of nitrogens with zero attached hydrogens (tertiary/aromatic N) is 3. The van der Waals surface area contributed by atoms with E-state index in [0.29, 0.717) is 10.7 Å². The van der Waals surface area contributed by atoms with Crippen molar-refractivity contribution in [2.75, 3.05) is 11.1 Å². The first-order valence-corrected chi connectivity index (χ1v) is 8.71. The van der Waals surface area contributed by atoms with Gasteiger partial charge in [0.1, 0.15) is 0 Å². The number of amides is 1. The fourth-order valence-electron chi connectivity index (χ4n) is 2.17. The Bertz CT molecular complexity index is 974. The molecule has 0 spiro atoms. The van der Waals surface area contributed by atoms with Crippen LogP contribution in [0.15, 0.2) is 41.7 Å². The van der Waals surface area contributed by atoms with Crippen molar-refractivity contribution in [1.82, 2.24) is 14.6 Å². The molecular formula is C16H12ClF3N4OS. The molecular weight excluding hydrogens is 389 g/mol. The summed E-state index contributed by atoms with van der Waals surface area (Å²) in [6.07, 6.45) is -3.56. The second kappa shape index (κ2) is 7.16. The number of pyridine rings is 1. The maximum atomic E-state index is 12.8. The van der Waals surface area contributed by atoms with Crippen molar-refractivity contribution >= 4 is 40.6 Å². The number of carbonyl (C=O) groups excluding carboxylic acids is 1. The van der Waals surface area contributed by atoms with Crippen LogP contribution in [0.4, 0.5) is 18.9 Å². The predicted octanol–water partition coefficient (Wildman–Crippen LogP) is 4.44. The largest absolute Gasteiger partial charge is 0.417 e. The maximum absolute atomic E-state index is 12.8. The van der Waals surface area contributed by atoms with E-state index < -0.39 is 11.7 Å². The minimum Gasteiger partial charge on any atom is -0.324 e. The number of halogens is 4. The van der Waals surface area contributed by atoms with Crippen molar-refractivity contribution in [3.63, 3.8) is 0 Å². The number of carbonyl (C=O) groups is 1. The van der Waals surface area contributed by atoms with Gasteiger partial charge in [0.15, 0.2) is 10.8 Å². The predicted molar refractivity (Wildman–Crippen MR) is 93.5 cm³/mol. The minimum atomic E-state index is -4.47. The topological polar surface area (TPSA) is 59.3 Å². The van der Waals surface area contributed by atoms with Crippen LogP contribution in [-0.2, 0) is 11.0 Å². The molecule has 0 aliphatic heterocycles. The summed E-state index contributed by atoms with van der Waals surface area (Å²) in [4.78, 5) is 12.1. The highest BCUT2D eigenvalue weighted by Crippen LogP contribution is 2.30. The number of anilines is 1. The molecule has 0 unspecified atom stereocenters. The van der Waals surface area contributed by atoms with E-state index in [4.69, 9.17) is 11.6 Å². The molecule has 0 aliphatic carbocycles. The van der Waals surface area contributed by atoms with Gasteiger partial charge < -0.3 is 5.32 Å². The fraction of sp³-hybridized carbons (Fsp3) is 0.188. The summed E-state index contributed by atoms with van der Waals surface area (Å²) in [7, 11) is 0. The smallest absolute Gasteiger partial charge is 0.324 e. The lowest BCUT2D eigenvalue weighted by Gasteiger charge is -2.08. The summed E-state index contributed by atoms with van der Waals surface area (Å²) in [6, 6.07) is 7.37. The second-order valence-corrected chi connectivity index (χ2v) is 6.80. The third kappa shape index (κ3) is 4.10. The van der Waals surface area contributed by atoms with E-state index in [1.54, 1.807) is 18.2 Å². The van der Waals surface area contributed by atoms with Crippen molar-refractivity contribution < 1.29 is 18.0 Å². The van der Waals surface area contributed by atoms with Gasteiger partial charge in [0.2, 0.25) is 5.91 Å². The van der Waals surface area contributed by atoms with Crippen LogP contribution in [0, 0.1) is 6.92 Å². The molecule has 2 aromatic heterocycles. The van der Waals surface area contributed by atoms with Gasteiger partial charge in [0, 0.05) is 6.20 Å². The number of alkyl halides is 3. The van der Waals surface area contributed by atoms with E-state index in [2.05, 4.69) is 15.5 Å². The van der Waals surface area contributed by atoms with E-state index in [9.17, 15) is 18.0 Å². The Morgan fingerprint density at radius 1 is 1.27 bits per heavy atom. The van der Waals surface area contributed by atoms with Gasteiger partial charge in [-0.2, -0.15) is 13.2 Å². The van der Waals surface area contributed by atoms with Gasteiger partial charge in [-0.1, -0.05) is 29.4 Å². The van der Waals surface area contributed by atoms with Crippen molar-refractivity contribution in [3.05, 3.63) is 52.7 Å². The molecule has 26 heavy (non-hydrogen) atoms. The summed E-state index contributed by atoms with van der Waals surface area (Å²) in [5.74, 6) is -0.411. The standard InChI is InChI=1S/C16H12ClF3N4OS/c1-9-2-4-12(11(17)6-9)21-14(25)8-26-15-23-22-13-5-3-10(7-24(13)15)16(18,19)20/h2-7H,8H2,1H3,(H,21,25). The van der Waals surface area contributed by atoms with Crippen LogP contribution in [0.5, 0.6) is 0 Å². The van der Waals surface area contributed by atoms with Crippen molar-refractivity contribution in [3.8, 4) is 0 Å². The zero-order valence-corrected chi connectivity index (χ0v) is 14.9. The molecule has 136 valence electrons. The van der Waals surface area contributed by atoms with E-state index in [-0.39, 0.29) is 22.5 Å². The minimum absolute atomic E-state index is 0.0543. The van der Waals surface area contributed by atoms with E-state index in [1.807, 2.05) is 6.92 Å². The van der Waals surface area contributed by atoms with Crippen LogP contribution in [0.25, 0.3) is 5.65 Å². The van der Waals surface area contributed by atoms with Gasteiger partial charge in [-0.3, -0.25) is 9.20 Å². The Labute approximate surface area is 155 Å². The molecule has 3 aromatic rings. The van der Waals surface area contributed by atoms with Crippen LogP contribution >= 0.6 is 23.4 Å². The van der Waals surface area contributed by atoms with E-state index in [0.717, 1.165) is 29.6 Å². The highest BCUT2D eigenvalue weighted by atomic mass is 35.5. The average molecular weight is 401 g/mol. The lowest BCUT2D eigenvalue weighted by Crippen LogP contribution is -2.14. The molecule has 1 N–H and O–H groups in total. The number of aryl methyl sites for hydroxylation is 1. The van der Waals surface area contributed by atoms with Crippen molar-refractivity contribution in [2.45, 2.75) is 18.3 Å². The normalized spacial score (nSPS) is 11.7. The number of nitrogens with one attached hydrogen (secondary N) is 1. The molecule has 0 atom stereocenters. The van der Waals surface area contributed by atoms with Gasteiger partial charge in [0.05, 0.1) is 22.0 Å². The van der Waals surface area contributed by atoms with Gasteiger partial charge in [-0.05, 0) is 36.8 Å². The van der Waals surface area contributed by atoms with Crippen molar-refractivity contribution in [2.24, 2.45) is 0 Å². The first-order chi connectivity index (χ1) is 12.2. The molecule has 10 heteroatoms. The third-order valence-corrected chi connectivity index (χ3v) is 4.69. The number of thioether (sulfide) groups is 1. The molecule has 0 saturated carbocycles. The second-order valence-electron chi connectivity index (χ2n) is 5.45. The van der Waals surface area contributed by atoms with E-state index >= 15 is 0 Å². The fourth-order valence-corrected chi connectivity index (χ4v) is 3.17. The molecule has 0 saturated heterocycles. The highest BCUT2D eigenvalue weighted by molar-refractivity contribution is 7.99. The summed E-state index contributed by atoms with van der Waals surface area (Å²) < 4.78 is 39.7. The number of benzene rings is 1. The molecule has 1 aromatic carbocycles. The summed E-state index contributed by atoms with van der Waals surface area (Å²) in [5, 5.41) is 10.9. The number of fused-ring (bicyclic) bond motifs is 1. The Kier molecular flexibility index (Phi) is 5.10. The van der Waals surface area contributed by atoms with Gasteiger partial charge >= 0.3 is 6.18 Å². The first-order valence-electron chi connectivity index (χ1n) is 7.35. The zero-order chi connectivity index (χ0) is 18.9. The highest BCUT2D eigenvalue weighted by Gasteiger charge is 2.31. The third-order valence-electron chi connectivity index (χ3n) is 3.43. The van der Waals surface area contributed by atoms with Crippen LogP contribution in [-0.4, -0.2) is 26.3 Å². The molecule has 5 nitrogen and oxygen atoms in total. The Hall–Kier alpha value is -2.26. The molecule has 3 rings (SSSR count). The van der Waals surface area contributed by atoms with Gasteiger partial charge in [0.25, 0.3) is 0 Å². The first kappa shape index (κ1) is 18.5. The molecule has 0 aliphatic rings. The lowest BCUT2D eigenvalue weighted by atomic mass is 10.2. The molecule has 1 amide bonds. The van der Waals surface area contributed by atoms with Crippen molar-refractivity contribution in [1.29, 1.82) is 0 Å². The monoisotopic (exact) mass is 400 g/mol. The van der Waals surface area contributed by atoms with E-state index in [1.165, 1.54) is 10.5 Å². The Balaban J connectivity index is 1.72. The van der Waals surface area contributed by atoms with Crippen LogP contribution in [0.3, 0.4) is 0 Å². The SMILES string of the molecule is Cc1ccc(NC(=O)CSc2nnc3ccc(C(F)(F)F)cn23)c(Cl)c1. The van der Waals surface area contributed by atoms with Crippen LogP contribution in [0.1, 0.15) is 11.1 Å². The number of rotatable bonds is 4. The zero-order valence-electron chi connectivity index (χ0n) is 13.3. The molecule has 0 radical (unpaired) electrons. The maximum Gasteiger partial charge on any atom is 0.417 e. The summed E-state index contributed by atoms with van der Waals surface area (Å²) in [6.45, 7) is 1.87. The lowest BCUT2D eigenvalue weighted by molar-refractivity contribution is -0.137. The van der Waals surface area contributed by atoms with Crippen LogP contribution < -0.4 is 5.32 Å². The quantitative estimate of drug-likeness (QED) is 0.658. The summed E-state index contributed by atoms with van der Waals surface area (Å²) >= 11 is 7.04. The van der Waals surface area contributed by atoms with Gasteiger partial charge in [-0.15, -0.1) is 10.2 Å². The molecule has 2 heterocycles. The molecule has 0 fully saturated rings. The molecule has 0 bridgehead atoms. The number of hydrogen-bond donors (Lipinski definition) is 1. The van der Waals surface area contributed by atoms with Gasteiger partial charge in [-0.25, -0.2) is 0 Å². The Morgan fingerprint density at radius 3 is 2.73 bits per heavy atom. The summed E-state index contributed by atoms with van der Waals surface area (Å²) in [5.41, 5.74) is 0.871. The number of aromatic nitrogens is 3. The average Bonchev–Trinajstić information content (AvgIpc) is 2.97. The number of hydrogen-bond acceptors (Lipinski definition) is 4. The van der Waals surface area contributed by atoms with Crippen LogP contribution in [0.2, 0.25) is 5.02 Å².